The number of benzene rings is 4. The molecule has 0 unspecified atom stereocenters. The van der Waals surface area contributed by atoms with Crippen LogP contribution in [0.5, 0.6) is 0 Å². The van der Waals surface area contributed by atoms with Gasteiger partial charge >= 0.3 is 0 Å². The predicted octanol–water partition coefficient (Wildman–Crippen LogP) is 19.2. The molecule has 1 N–H and O–H groups in total. The average Bonchev–Trinajstić information content (AvgIpc) is 4.25. The van der Waals surface area contributed by atoms with E-state index in [4.69, 9.17) is 0 Å². The van der Waals surface area contributed by atoms with Gasteiger partial charge in [-0.2, -0.15) is 45.3 Å². The minimum atomic E-state index is -0.514. The first-order chi connectivity index (χ1) is 33.1. The van der Waals surface area contributed by atoms with Crippen LogP contribution in [-0.2, 0) is 0 Å². The van der Waals surface area contributed by atoms with Crippen LogP contribution < -0.4 is 26.3 Å². The predicted molar refractivity (Wildman–Crippen MR) is 324 cm³/mol. The van der Waals surface area contributed by atoms with Gasteiger partial charge in [0.05, 0.1) is 0 Å². The van der Waals surface area contributed by atoms with Crippen LogP contribution in [0.3, 0.4) is 0 Å². The fraction of sp³-hybridized carbons (Fsp3) is 0.298. The summed E-state index contributed by atoms with van der Waals surface area (Å²) < 4.78 is 3.01. The Morgan fingerprint density at radius 3 is 1.21 bits per heavy atom. The highest BCUT2D eigenvalue weighted by molar-refractivity contribution is 14.2. The molecule has 2 saturated heterocycles. The van der Waals surface area contributed by atoms with Crippen molar-refractivity contribution < 1.29 is 0 Å². The van der Waals surface area contributed by atoms with Crippen LogP contribution in [0, 0.1) is 0 Å². The maximum absolute atomic E-state index is 3.94. The van der Waals surface area contributed by atoms with Crippen LogP contribution in [0.4, 0.5) is 0 Å². The molecule has 356 valence electrons. The van der Waals surface area contributed by atoms with Crippen molar-refractivity contribution in [3.8, 4) is 0 Å². The van der Waals surface area contributed by atoms with E-state index in [1.54, 1.807) is 22.7 Å². The van der Waals surface area contributed by atoms with Crippen molar-refractivity contribution in [1.82, 2.24) is 9.53 Å². The Bertz CT molecular complexity index is 2330. The van der Waals surface area contributed by atoms with Crippen molar-refractivity contribution in [1.29, 1.82) is 0 Å². The third-order valence-corrected chi connectivity index (χ3v) is 30.2. The Morgan fingerprint density at radius 1 is 0.500 bits per heavy atom. The smallest absolute Gasteiger partial charge is 0.0335 e. The van der Waals surface area contributed by atoms with Gasteiger partial charge in [-0.15, -0.1) is 0 Å². The van der Waals surface area contributed by atoms with Gasteiger partial charge in [0, 0.05) is 64.0 Å². The molecule has 0 spiro atoms. The lowest BCUT2D eigenvalue weighted by Gasteiger charge is -2.42. The minimum Gasteiger partial charge on any atom is -0.295 e. The van der Waals surface area contributed by atoms with Gasteiger partial charge in [0.15, 0.2) is 0 Å². The standard InChI is InChI=1S/C28H31NP2S2.C20H26NP.C8H6IPS2.CH4/c1-2-3-18-29(30(25-16-19-32-21-25)26-17-20-33-22-26)31-27(23-10-6-4-7-11-23)14-15-28(31)24-12-8-5-9-13-24;1-2-3-16-21-22-19(17-10-6-4-7-11-17)14-15-20(22)18-12-8-5-9-13-18;9-10(7-1-3-11-5-7)8-2-4-12-6-8;/h4-13,16-17,19-22,27-28H,2-3,14-15,18H2,1H3;4-13,19-21H,2-3,14-16H2,1H3;1-6H;1H4/t27-,28-;19-,20-;;/m11../s1. The number of rotatable bonds is 17. The maximum Gasteiger partial charge on any atom is 0.0335 e. The summed E-state index contributed by atoms with van der Waals surface area (Å²) in [5, 5.41) is 28.1. The van der Waals surface area contributed by atoms with Gasteiger partial charge in [-0.3, -0.25) is 9.53 Å². The van der Waals surface area contributed by atoms with Crippen molar-refractivity contribution in [2.75, 3.05) is 13.1 Å². The summed E-state index contributed by atoms with van der Waals surface area (Å²) in [7, 11) is -1.08. The Labute approximate surface area is 443 Å². The molecule has 8 aromatic rings. The molecule has 4 aromatic heterocycles. The van der Waals surface area contributed by atoms with E-state index in [9.17, 15) is 0 Å². The molecular weight excluding hydrogens is 1090 g/mol. The third-order valence-electron chi connectivity index (χ3n) is 12.5. The van der Waals surface area contributed by atoms with E-state index in [-0.39, 0.29) is 29.1 Å². The zero-order valence-electron chi connectivity index (χ0n) is 38.6. The van der Waals surface area contributed by atoms with Crippen molar-refractivity contribution in [2.45, 2.75) is 95.3 Å². The second-order valence-corrected chi connectivity index (χ2v) is 31.8. The van der Waals surface area contributed by atoms with Crippen LogP contribution in [0.2, 0.25) is 0 Å². The van der Waals surface area contributed by atoms with Crippen LogP contribution in [-0.4, -0.2) is 17.5 Å². The van der Waals surface area contributed by atoms with Crippen molar-refractivity contribution in [3.63, 3.8) is 0 Å². The molecule has 2 nitrogen and oxygen atoms in total. The Kier molecular flexibility index (Phi) is 22.9. The first-order valence-corrected chi connectivity index (χ1v) is 35.9. The summed E-state index contributed by atoms with van der Waals surface area (Å²) >= 11 is 9.79. The molecule has 2 fully saturated rings. The maximum atomic E-state index is 3.94. The number of unbranched alkanes of at least 4 members (excludes halogenated alkanes) is 2. The summed E-state index contributed by atoms with van der Waals surface area (Å²) in [6, 6.07) is 54.2. The van der Waals surface area contributed by atoms with E-state index in [1.165, 1.54) is 101 Å². The Hall–Kier alpha value is -1.95. The number of nitrogens with zero attached hydrogens (tertiary/aromatic N) is 1. The van der Waals surface area contributed by atoms with Gasteiger partial charge in [0.2, 0.25) is 0 Å². The van der Waals surface area contributed by atoms with Gasteiger partial charge in [-0.05, 0) is 173 Å². The van der Waals surface area contributed by atoms with Gasteiger partial charge in [-0.1, -0.05) is 155 Å². The third kappa shape index (κ3) is 14.4. The van der Waals surface area contributed by atoms with Crippen molar-refractivity contribution in [3.05, 3.63) is 211 Å². The number of thiophene rings is 4. The SMILES string of the molecule is C.CCCCN(P(c1ccsc1)c1ccsc1)P1[C@@H](c2ccccc2)CC[C@@H]1c1ccccc1.CCCCNP1[C@@H](c2ccccc2)CC[C@@H]1c1ccccc1.IP(c1ccsc1)c1ccsc1. The highest BCUT2D eigenvalue weighted by Crippen LogP contribution is 2.76. The zero-order chi connectivity index (χ0) is 46.0. The molecule has 4 aromatic carbocycles. The number of hydrogen-bond acceptors (Lipinski definition) is 6. The monoisotopic (exact) mass is 1160 g/mol. The first kappa shape index (κ1) is 53.8. The van der Waals surface area contributed by atoms with E-state index in [1.807, 2.05) is 22.7 Å². The van der Waals surface area contributed by atoms with E-state index in [0.29, 0.717) is 22.6 Å². The Morgan fingerprint density at radius 2 is 0.853 bits per heavy atom. The van der Waals surface area contributed by atoms with Crippen molar-refractivity contribution in [2.24, 2.45) is 0 Å². The molecule has 2 aliphatic rings. The molecule has 0 bridgehead atoms. The van der Waals surface area contributed by atoms with E-state index in [2.05, 4.69) is 234 Å². The fourth-order valence-electron chi connectivity index (χ4n) is 9.21. The molecule has 0 radical (unpaired) electrons. The summed E-state index contributed by atoms with van der Waals surface area (Å²) in [6.45, 7) is 6.95. The number of halogens is 1. The Balaban J connectivity index is 0.000000168. The lowest BCUT2D eigenvalue weighted by Crippen LogP contribution is -2.26. The fourth-order valence-corrected chi connectivity index (χ4v) is 27.9. The molecule has 0 saturated carbocycles. The van der Waals surface area contributed by atoms with Crippen LogP contribution in [0.1, 0.15) is 118 Å². The van der Waals surface area contributed by atoms with Gasteiger partial charge in [0.25, 0.3) is 0 Å². The second kappa shape index (κ2) is 28.9. The summed E-state index contributed by atoms with van der Waals surface area (Å²) in [6.07, 6.45) is 10.2. The topological polar surface area (TPSA) is 15.3 Å². The molecule has 4 atom stereocenters. The molecule has 10 rings (SSSR count). The van der Waals surface area contributed by atoms with Crippen molar-refractivity contribution >= 4 is 118 Å². The van der Waals surface area contributed by atoms with Crippen LogP contribution >= 0.6 is 97.2 Å². The van der Waals surface area contributed by atoms with Gasteiger partial charge in [-0.25, -0.2) is 0 Å². The highest BCUT2D eigenvalue weighted by atomic mass is 127. The summed E-state index contributed by atoms with van der Waals surface area (Å²) in [5.41, 5.74) is 8.69. The zero-order valence-corrected chi connectivity index (χ0v) is 47.6. The molecule has 0 amide bonds. The quantitative estimate of drug-likeness (QED) is 0.0555. The first-order valence-electron chi connectivity index (χ1n) is 23.8. The molecular formula is C57H67IN2P4S4. The normalized spacial score (nSPS) is 18.3. The molecule has 2 aliphatic heterocycles. The molecule has 11 heteroatoms. The molecule has 68 heavy (non-hydrogen) atoms. The lowest BCUT2D eigenvalue weighted by molar-refractivity contribution is 0.632. The average molecular weight is 1160 g/mol. The number of nitrogens with one attached hydrogen (secondary N) is 1. The molecule has 0 aliphatic carbocycles. The van der Waals surface area contributed by atoms with Gasteiger partial charge < -0.3 is 0 Å². The van der Waals surface area contributed by atoms with Crippen LogP contribution in [0.15, 0.2) is 189 Å². The van der Waals surface area contributed by atoms with Crippen LogP contribution in [0.25, 0.3) is 0 Å². The largest absolute Gasteiger partial charge is 0.295 e. The minimum absolute atomic E-state index is 0. The second-order valence-electron chi connectivity index (χ2n) is 16.9. The van der Waals surface area contributed by atoms with Gasteiger partial charge in [0.1, 0.15) is 0 Å². The summed E-state index contributed by atoms with van der Waals surface area (Å²) in [4.78, 5) is 0. The van der Waals surface area contributed by atoms with E-state index >= 15 is 0 Å². The summed E-state index contributed by atoms with van der Waals surface area (Å²) in [5.74, 6) is 0. The molecule has 6 heterocycles. The van der Waals surface area contributed by atoms with E-state index in [0.717, 1.165) is 6.54 Å². The highest BCUT2D eigenvalue weighted by Gasteiger charge is 2.44. The number of hydrogen-bond donors (Lipinski definition) is 1. The lowest BCUT2D eigenvalue weighted by atomic mass is 10.0. The van der Waals surface area contributed by atoms with E-state index < -0.39 is 8.07 Å².